The molecule has 5 nitrogen and oxygen atoms in total. The Morgan fingerprint density at radius 2 is 1.82 bits per heavy atom. The highest BCUT2D eigenvalue weighted by Gasteiger charge is 2.11. The maximum Gasteiger partial charge on any atom is 0.263 e. The van der Waals surface area contributed by atoms with Crippen LogP contribution >= 0.6 is 0 Å². The van der Waals surface area contributed by atoms with Gasteiger partial charge in [0.25, 0.3) is 6.43 Å². The first kappa shape index (κ1) is 16.3. The van der Waals surface area contributed by atoms with Gasteiger partial charge in [-0.05, 0) is 24.7 Å². The summed E-state index contributed by atoms with van der Waals surface area (Å²) in [5.74, 6) is 0.494. The summed E-state index contributed by atoms with van der Waals surface area (Å²) < 4.78 is 50.2. The van der Waals surface area contributed by atoms with Crippen LogP contribution in [0.4, 0.5) is 14.6 Å². The number of nitrogens with one attached hydrogen (secondary N) is 2. The summed E-state index contributed by atoms with van der Waals surface area (Å²) in [6.07, 6.45) is -1.24. The maximum atomic E-state index is 12.4. The lowest BCUT2D eigenvalue weighted by molar-refractivity contribution is 0.151. The summed E-state index contributed by atoms with van der Waals surface area (Å²) in [4.78, 5) is 4.07. The second kappa shape index (κ2) is 6.80. The van der Waals surface area contributed by atoms with Crippen molar-refractivity contribution in [1.82, 2.24) is 9.71 Å². The molecule has 1 heterocycles. The van der Waals surface area contributed by atoms with Gasteiger partial charge in [-0.2, -0.15) is 0 Å². The highest BCUT2D eigenvalue weighted by molar-refractivity contribution is 7.89. The number of anilines is 1. The third-order valence-corrected chi connectivity index (χ3v) is 4.42. The lowest BCUT2D eigenvalue weighted by atomic mass is 10.1. The lowest BCUT2D eigenvalue weighted by Gasteiger charge is -2.08. The van der Waals surface area contributed by atoms with Crippen LogP contribution in [-0.2, 0) is 16.6 Å². The molecule has 1 aromatic heterocycles. The van der Waals surface area contributed by atoms with Crippen LogP contribution in [0.1, 0.15) is 17.6 Å². The molecule has 0 spiro atoms. The van der Waals surface area contributed by atoms with Gasteiger partial charge in [-0.1, -0.05) is 24.3 Å². The van der Waals surface area contributed by atoms with E-state index in [0.29, 0.717) is 12.4 Å². The van der Waals surface area contributed by atoms with Crippen molar-refractivity contribution in [1.29, 1.82) is 0 Å². The van der Waals surface area contributed by atoms with Crippen LogP contribution in [0.15, 0.2) is 47.5 Å². The zero-order valence-electron chi connectivity index (χ0n) is 11.8. The minimum Gasteiger partial charge on any atom is -0.366 e. The van der Waals surface area contributed by atoms with Crippen LogP contribution in [0, 0.1) is 0 Å². The van der Waals surface area contributed by atoms with Crippen LogP contribution < -0.4 is 10.0 Å². The average molecular weight is 327 g/mol. The number of halogens is 2. The lowest BCUT2D eigenvalue weighted by Crippen LogP contribution is -2.18. The monoisotopic (exact) mass is 327 g/mol. The van der Waals surface area contributed by atoms with E-state index in [1.54, 1.807) is 12.1 Å². The molecule has 0 bridgehead atoms. The number of rotatable bonds is 6. The second-order valence-electron chi connectivity index (χ2n) is 4.48. The molecule has 0 fully saturated rings. The van der Waals surface area contributed by atoms with Crippen molar-refractivity contribution in [2.75, 3.05) is 12.4 Å². The van der Waals surface area contributed by atoms with E-state index < -0.39 is 16.4 Å². The second-order valence-corrected chi connectivity index (χ2v) is 6.37. The summed E-state index contributed by atoms with van der Waals surface area (Å²) in [7, 11) is -2.18. The Labute approximate surface area is 127 Å². The fourth-order valence-corrected chi connectivity index (χ4v) is 2.41. The predicted molar refractivity (Wildman–Crippen MR) is 79.2 cm³/mol. The number of aromatic nitrogens is 1. The number of sulfonamides is 1. The molecule has 0 saturated carbocycles. The molecule has 2 rings (SSSR count). The molecule has 2 aromatic rings. The Balaban J connectivity index is 2.00. The summed E-state index contributed by atoms with van der Waals surface area (Å²) in [5, 5.41) is 2.99. The first-order valence-corrected chi connectivity index (χ1v) is 7.91. The summed E-state index contributed by atoms with van der Waals surface area (Å²) in [6, 6.07) is 8.93. The van der Waals surface area contributed by atoms with E-state index in [0.717, 1.165) is 5.56 Å². The molecule has 0 aliphatic rings. The quantitative estimate of drug-likeness (QED) is 0.855. The third kappa shape index (κ3) is 3.99. The van der Waals surface area contributed by atoms with Crippen molar-refractivity contribution in [3.8, 4) is 0 Å². The van der Waals surface area contributed by atoms with Gasteiger partial charge in [0.2, 0.25) is 10.0 Å². The number of hydrogen-bond acceptors (Lipinski definition) is 4. The van der Waals surface area contributed by atoms with Gasteiger partial charge < -0.3 is 5.32 Å². The van der Waals surface area contributed by atoms with Crippen LogP contribution in [0.5, 0.6) is 0 Å². The Hall–Kier alpha value is -2.06. The van der Waals surface area contributed by atoms with Gasteiger partial charge in [-0.15, -0.1) is 0 Å². The summed E-state index contributed by atoms with van der Waals surface area (Å²) >= 11 is 0. The van der Waals surface area contributed by atoms with E-state index >= 15 is 0 Å². The van der Waals surface area contributed by atoms with Crippen molar-refractivity contribution in [3.63, 3.8) is 0 Å². The van der Waals surface area contributed by atoms with E-state index in [1.807, 2.05) is 0 Å². The first-order chi connectivity index (χ1) is 10.4. The Morgan fingerprint density at radius 1 is 1.14 bits per heavy atom. The van der Waals surface area contributed by atoms with E-state index in [9.17, 15) is 17.2 Å². The first-order valence-electron chi connectivity index (χ1n) is 6.43. The fourth-order valence-electron chi connectivity index (χ4n) is 1.74. The molecule has 0 aliphatic heterocycles. The van der Waals surface area contributed by atoms with Crippen molar-refractivity contribution in [3.05, 3.63) is 53.7 Å². The molecule has 0 atom stereocenters. The number of alkyl halides is 2. The number of hydrogen-bond donors (Lipinski definition) is 2. The Morgan fingerprint density at radius 3 is 2.32 bits per heavy atom. The molecule has 0 aliphatic carbocycles. The molecule has 0 amide bonds. The Bertz CT molecular complexity index is 717. The van der Waals surface area contributed by atoms with E-state index in [2.05, 4.69) is 15.0 Å². The van der Waals surface area contributed by atoms with Crippen LogP contribution in [0.2, 0.25) is 0 Å². The van der Waals surface area contributed by atoms with Gasteiger partial charge >= 0.3 is 0 Å². The number of benzene rings is 1. The summed E-state index contributed by atoms with van der Waals surface area (Å²) in [6.45, 7) is 0.397. The maximum absolute atomic E-state index is 12.4. The van der Waals surface area contributed by atoms with Crippen molar-refractivity contribution < 1.29 is 17.2 Å². The van der Waals surface area contributed by atoms with Crippen LogP contribution in [-0.4, -0.2) is 20.4 Å². The molecule has 1 aromatic carbocycles. The minimum atomic E-state index is -3.51. The molecule has 118 valence electrons. The summed E-state index contributed by atoms with van der Waals surface area (Å²) in [5.41, 5.74) is 0.793. The standard InChI is InChI=1S/C14H15F2N3O2S/c1-17-22(20,21)12-6-7-13(19-9-12)18-8-10-2-4-11(5-3-10)14(15)16/h2-7,9,14,17H,8H2,1H3,(H,18,19). The highest BCUT2D eigenvalue weighted by Crippen LogP contribution is 2.19. The van der Waals surface area contributed by atoms with Crippen LogP contribution in [0.3, 0.4) is 0 Å². The average Bonchev–Trinajstić information content (AvgIpc) is 2.53. The largest absolute Gasteiger partial charge is 0.366 e. The molecule has 0 saturated heterocycles. The predicted octanol–water partition coefficient (Wildman–Crippen LogP) is 2.54. The van der Waals surface area contributed by atoms with E-state index in [-0.39, 0.29) is 10.5 Å². The topological polar surface area (TPSA) is 71.1 Å². The number of nitrogens with zero attached hydrogens (tertiary/aromatic N) is 1. The van der Waals surface area contributed by atoms with Gasteiger partial charge in [0.15, 0.2) is 0 Å². The van der Waals surface area contributed by atoms with Gasteiger partial charge in [0, 0.05) is 18.3 Å². The van der Waals surface area contributed by atoms with Gasteiger partial charge in [0.05, 0.1) is 0 Å². The van der Waals surface area contributed by atoms with Gasteiger partial charge in [0.1, 0.15) is 10.7 Å². The van der Waals surface area contributed by atoms with Gasteiger partial charge in [-0.25, -0.2) is 26.9 Å². The minimum absolute atomic E-state index is 0.0245. The Kier molecular flexibility index (Phi) is 5.04. The molecule has 8 heteroatoms. The SMILES string of the molecule is CNS(=O)(=O)c1ccc(NCc2ccc(C(F)F)cc2)nc1. The third-order valence-electron chi connectivity index (χ3n) is 3.02. The van der Waals surface area contributed by atoms with Crippen molar-refractivity contribution >= 4 is 15.8 Å². The molecule has 22 heavy (non-hydrogen) atoms. The molecule has 0 unspecified atom stereocenters. The molecule has 0 radical (unpaired) electrons. The number of pyridine rings is 1. The molecular formula is C14H15F2N3O2S. The van der Waals surface area contributed by atoms with Gasteiger partial charge in [-0.3, -0.25) is 0 Å². The molecular weight excluding hydrogens is 312 g/mol. The van der Waals surface area contributed by atoms with Crippen molar-refractivity contribution in [2.24, 2.45) is 0 Å². The normalized spacial score (nSPS) is 11.6. The van der Waals surface area contributed by atoms with Crippen LogP contribution in [0.25, 0.3) is 0 Å². The van der Waals surface area contributed by atoms with E-state index in [1.165, 1.54) is 37.5 Å². The molecule has 2 N–H and O–H groups in total. The zero-order valence-corrected chi connectivity index (χ0v) is 12.6. The van der Waals surface area contributed by atoms with Crippen molar-refractivity contribution in [2.45, 2.75) is 17.9 Å². The fraction of sp³-hybridized carbons (Fsp3) is 0.214. The van der Waals surface area contributed by atoms with E-state index in [4.69, 9.17) is 0 Å². The smallest absolute Gasteiger partial charge is 0.263 e. The highest BCUT2D eigenvalue weighted by atomic mass is 32.2. The zero-order chi connectivity index (χ0) is 16.2.